The molecule has 0 saturated carbocycles. The Balaban J connectivity index is 1.75. The molecule has 138 valence electrons. The molecule has 1 atom stereocenters. The summed E-state index contributed by atoms with van der Waals surface area (Å²) >= 11 is 0. The molecule has 2 rings (SSSR count). The Hall–Kier alpha value is -1.46. The van der Waals surface area contributed by atoms with Gasteiger partial charge in [-0.05, 0) is 65.2 Å². The second-order valence-corrected chi connectivity index (χ2v) is 8.01. The van der Waals surface area contributed by atoms with Crippen molar-refractivity contribution in [3.05, 3.63) is 0 Å². The summed E-state index contributed by atoms with van der Waals surface area (Å²) in [6.45, 7) is 10.1. The Bertz CT molecular complexity index is 439. The van der Waals surface area contributed by atoms with Crippen LogP contribution in [0.3, 0.4) is 0 Å². The largest absolute Gasteiger partial charge is 0.444 e. The van der Waals surface area contributed by atoms with Crippen LogP contribution in [-0.4, -0.2) is 60.2 Å². The van der Waals surface area contributed by atoms with E-state index in [4.69, 9.17) is 10.5 Å². The Morgan fingerprint density at radius 1 is 1.12 bits per heavy atom. The van der Waals surface area contributed by atoms with Crippen LogP contribution in [0, 0.1) is 5.92 Å². The van der Waals surface area contributed by atoms with E-state index in [0.717, 1.165) is 52.0 Å². The third-order valence-corrected chi connectivity index (χ3v) is 4.66. The van der Waals surface area contributed by atoms with Gasteiger partial charge in [-0.15, -0.1) is 0 Å². The van der Waals surface area contributed by atoms with Gasteiger partial charge in [0.2, 0.25) is 0 Å². The van der Waals surface area contributed by atoms with Crippen LogP contribution in [0.25, 0.3) is 0 Å². The average Bonchev–Trinajstić information content (AvgIpc) is 2.54. The summed E-state index contributed by atoms with van der Waals surface area (Å²) in [4.78, 5) is 20.8. The fourth-order valence-electron chi connectivity index (χ4n) is 3.38. The molecule has 1 amide bonds. The van der Waals surface area contributed by atoms with Gasteiger partial charge < -0.3 is 20.3 Å². The van der Waals surface area contributed by atoms with E-state index >= 15 is 0 Å². The molecule has 1 unspecified atom stereocenters. The number of likely N-dealkylation sites (tertiary alicyclic amines) is 2. The molecule has 2 saturated heterocycles. The minimum Gasteiger partial charge on any atom is -0.444 e. The molecule has 2 aliphatic heterocycles. The summed E-state index contributed by atoms with van der Waals surface area (Å²) < 4.78 is 5.48. The lowest BCUT2D eigenvalue weighted by Crippen LogP contribution is -2.43. The molecule has 24 heavy (non-hydrogen) atoms. The van der Waals surface area contributed by atoms with E-state index in [2.05, 4.69) is 9.89 Å². The molecule has 2 aliphatic rings. The lowest BCUT2D eigenvalue weighted by Gasteiger charge is -2.34. The molecular formula is C18H34N4O2. The van der Waals surface area contributed by atoms with Crippen molar-refractivity contribution in [2.24, 2.45) is 16.6 Å². The zero-order chi connectivity index (χ0) is 17.6. The number of aliphatic imine (C=N–C) groups is 1. The fourth-order valence-corrected chi connectivity index (χ4v) is 3.38. The van der Waals surface area contributed by atoms with Gasteiger partial charge in [0.15, 0.2) is 5.96 Å². The maximum absolute atomic E-state index is 12.2. The number of amides is 1. The van der Waals surface area contributed by atoms with Crippen LogP contribution in [-0.2, 0) is 4.74 Å². The van der Waals surface area contributed by atoms with Crippen LogP contribution in [0.4, 0.5) is 4.79 Å². The van der Waals surface area contributed by atoms with Gasteiger partial charge in [0.1, 0.15) is 5.60 Å². The van der Waals surface area contributed by atoms with Crippen LogP contribution in [0.2, 0.25) is 0 Å². The number of nitrogens with zero attached hydrogens (tertiary/aromatic N) is 3. The van der Waals surface area contributed by atoms with Crippen LogP contribution in [0.15, 0.2) is 4.99 Å². The fraction of sp³-hybridized carbons (Fsp3) is 0.889. The van der Waals surface area contributed by atoms with Gasteiger partial charge in [0, 0.05) is 32.7 Å². The Labute approximate surface area is 146 Å². The highest BCUT2D eigenvalue weighted by Gasteiger charge is 2.27. The number of nitrogens with two attached hydrogens (primary N) is 1. The standard InChI is InChI=1S/C18H34N4O2/c1-18(2,3)24-17(23)22-13-7-8-15(14-22)9-10-20-16(19)21-11-5-4-6-12-21/h15H,4-14H2,1-3H3,(H2,19,20). The number of guanidine groups is 1. The minimum atomic E-state index is -0.433. The van der Waals surface area contributed by atoms with Crippen molar-refractivity contribution < 1.29 is 9.53 Å². The molecule has 0 aliphatic carbocycles. The van der Waals surface area contributed by atoms with Gasteiger partial charge in [-0.2, -0.15) is 0 Å². The quantitative estimate of drug-likeness (QED) is 0.634. The lowest BCUT2D eigenvalue weighted by atomic mass is 9.95. The summed E-state index contributed by atoms with van der Waals surface area (Å²) in [5.41, 5.74) is 5.67. The molecule has 2 N–H and O–H groups in total. The summed E-state index contributed by atoms with van der Waals surface area (Å²) in [7, 11) is 0. The predicted octanol–water partition coefficient (Wildman–Crippen LogP) is 2.82. The summed E-state index contributed by atoms with van der Waals surface area (Å²) in [5.74, 6) is 1.18. The molecule has 0 bridgehead atoms. The molecular weight excluding hydrogens is 304 g/mol. The maximum Gasteiger partial charge on any atom is 0.410 e. The molecule has 0 radical (unpaired) electrons. The number of carbonyl (C=O) groups is 1. The summed E-state index contributed by atoms with van der Waals surface area (Å²) in [5, 5.41) is 0. The highest BCUT2D eigenvalue weighted by atomic mass is 16.6. The second-order valence-electron chi connectivity index (χ2n) is 8.01. The zero-order valence-electron chi connectivity index (χ0n) is 15.6. The van der Waals surface area contributed by atoms with Crippen LogP contribution in [0.1, 0.15) is 59.3 Å². The first kappa shape index (κ1) is 18.9. The van der Waals surface area contributed by atoms with E-state index in [9.17, 15) is 4.79 Å². The normalized spacial score (nSPS) is 23.3. The van der Waals surface area contributed by atoms with Gasteiger partial charge >= 0.3 is 6.09 Å². The zero-order valence-corrected chi connectivity index (χ0v) is 15.6. The number of ether oxygens (including phenoxy) is 1. The molecule has 6 heteroatoms. The number of hydrogen-bond donors (Lipinski definition) is 1. The third-order valence-electron chi connectivity index (χ3n) is 4.66. The van der Waals surface area contributed by atoms with Gasteiger partial charge in [-0.25, -0.2) is 4.79 Å². The Kier molecular flexibility index (Phi) is 6.75. The molecule has 0 spiro atoms. The van der Waals surface area contributed by atoms with E-state index < -0.39 is 5.60 Å². The van der Waals surface area contributed by atoms with E-state index in [0.29, 0.717) is 11.9 Å². The van der Waals surface area contributed by atoms with Gasteiger partial charge in [-0.1, -0.05) is 0 Å². The third kappa shape index (κ3) is 6.21. The van der Waals surface area contributed by atoms with Crippen molar-refractivity contribution in [2.75, 3.05) is 32.7 Å². The Morgan fingerprint density at radius 2 is 1.79 bits per heavy atom. The summed E-state index contributed by atoms with van der Waals surface area (Å²) in [6.07, 6.45) is 6.70. The van der Waals surface area contributed by atoms with E-state index in [-0.39, 0.29) is 6.09 Å². The average molecular weight is 338 g/mol. The van der Waals surface area contributed by atoms with Crippen molar-refractivity contribution in [2.45, 2.75) is 64.9 Å². The van der Waals surface area contributed by atoms with Crippen LogP contribution >= 0.6 is 0 Å². The van der Waals surface area contributed by atoms with Crippen molar-refractivity contribution in [1.29, 1.82) is 0 Å². The molecule has 6 nitrogen and oxygen atoms in total. The first-order valence-corrected chi connectivity index (χ1v) is 9.38. The second kappa shape index (κ2) is 8.58. The van der Waals surface area contributed by atoms with Crippen LogP contribution in [0.5, 0.6) is 0 Å². The summed E-state index contributed by atoms with van der Waals surface area (Å²) in [6, 6.07) is 0. The lowest BCUT2D eigenvalue weighted by molar-refractivity contribution is 0.0163. The van der Waals surface area contributed by atoms with Crippen molar-refractivity contribution in [3.63, 3.8) is 0 Å². The number of carbonyl (C=O) groups excluding carboxylic acids is 1. The topological polar surface area (TPSA) is 71.2 Å². The van der Waals surface area contributed by atoms with Gasteiger partial charge in [0.25, 0.3) is 0 Å². The van der Waals surface area contributed by atoms with E-state index in [1.807, 2.05) is 25.7 Å². The van der Waals surface area contributed by atoms with Crippen molar-refractivity contribution >= 4 is 12.1 Å². The minimum absolute atomic E-state index is 0.191. The first-order chi connectivity index (χ1) is 11.3. The Morgan fingerprint density at radius 3 is 2.46 bits per heavy atom. The smallest absolute Gasteiger partial charge is 0.410 e. The van der Waals surface area contributed by atoms with Crippen LogP contribution < -0.4 is 5.73 Å². The monoisotopic (exact) mass is 338 g/mol. The van der Waals surface area contributed by atoms with E-state index in [1.54, 1.807) is 0 Å². The molecule has 2 heterocycles. The molecule has 0 aromatic rings. The number of rotatable bonds is 3. The van der Waals surface area contributed by atoms with Crippen molar-refractivity contribution in [3.8, 4) is 0 Å². The highest BCUT2D eigenvalue weighted by Crippen LogP contribution is 2.21. The molecule has 0 aromatic heterocycles. The predicted molar refractivity (Wildman–Crippen MR) is 97.1 cm³/mol. The molecule has 2 fully saturated rings. The molecule has 0 aromatic carbocycles. The maximum atomic E-state index is 12.2. The first-order valence-electron chi connectivity index (χ1n) is 9.38. The number of piperidine rings is 2. The number of hydrogen-bond acceptors (Lipinski definition) is 3. The van der Waals surface area contributed by atoms with Gasteiger partial charge in [-0.3, -0.25) is 4.99 Å². The van der Waals surface area contributed by atoms with Crippen molar-refractivity contribution in [1.82, 2.24) is 9.80 Å². The van der Waals surface area contributed by atoms with E-state index in [1.165, 1.54) is 19.3 Å². The SMILES string of the molecule is CC(C)(C)OC(=O)N1CCCC(CCN=C(N)N2CCCCC2)C1. The highest BCUT2D eigenvalue weighted by molar-refractivity contribution is 5.78. The van der Waals surface area contributed by atoms with Gasteiger partial charge in [0.05, 0.1) is 0 Å².